The number of likely N-dealkylation sites (tertiary alicyclic amines) is 1. The Morgan fingerprint density at radius 2 is 1.77 bits per heavy atom. The van der Waals surface area contributed by atoms with Crippen molar-refractivity contribution in [1.29, 1.82) is 0 Å². The lowest BCUT2D eigenvalue weighted by atomic mass is 9.84. The van der Waals surface area contributed by atoms with Crippen molar-refractivity contribution in [2.45, 2.75) is 130 Å². The molecule has 6 aliphatic rings. The van der Waals surface area contributed by atoms with Crippen molar-refractivity contribution in [3.63, 3.8) is 0 Å². The molecule has 0 radical (unpaired) electrons. The second-order valence-electron chi connectivity index (χ2n) is 22.6. The first-order valence-electron chi connectivity index (χ1n) is 26.5. The molecule has 14 nitrogen and oxygen atoms in total. The Kier molecular flexibility index (Phi) is 13.9. The molecule has 5 aliphatic heterocycles. The van der Waals surface area contributed by atoms with Gasteiger partial charge in [0.05, 0.1) is 42.0 Å². The summed E-state index contributed by atoms with van der Waals surface area (Å²) >= 11 is 0. The van der Waals surface area contributed by atoms with Gasteiger partial charge in [0.1, 0.15) is 12.1 Å². The fraction of sp³-hybridized carbons (Fsp3) is 0.607. The maximum absolute atomic E-state index is 14.8. The van der Waals surface area contributed by atoms with Gasteiger partial charge in [-0.25, -0.2) is 5.43 Å². The van der Waals surface area contributed by atoms with Gasteiger partial charge in [0.25, 0.3) is 5.91 Å². The molecule has 5 fully saturated rings. The summed E-state index contributed by atoms with van der Waals surface area (Å²) in [5.41, 5.74) is 12.5. The Balaban J connectivity index is 1.05. The van der Waals surface area contributed by atoms with Gasteiger partial charge >= 0.3 is 5.97 Å². The van der Waals surface area contributed by atoms with Crippen molar-refractivity contribution in [2.75, 3.05) is 77.5 Å². The summed E-state index contributed by atoms with van der Waals surface area (Å²) in [5, 5.41) is 9.54. The number of cyclic esters (lactones) is 1. The minimum atomic E-state index is -0.862. The molecular weight excluding hydrogens is 879 g/mol. The second-order valence-corrected chi connectivity index (χ2v) is 22.6. The van der Waals surface area contributed by atoms with E-state index >= 15 is 0 Å². The fourth-order valence-electron chi connectivity index (χ4n) is 12.5. The van der Waals surface area contributed by atoms with Crippen LogP contribution in [0.5, 0.6) is 0 Å². The van der Waals surface area contributed by atoms with Gasteiger partial charge in [0.2, 0.25) is 5.91 Å². The van der Waals surface area contributed by atoms with E-state index < -0.39 is 17.5 Å². The molecule has 1 spiro atoms. The predicted octanol–water partition coefficient (Wildman–Crippen LogP) is 6.74. The minimum Gasteiger partial charge on any atom is -0.464 e. The van der Waals surface area contributed by atoms with Gasteiger partial charge in [-0.05, 0) is 124 Å². The highest BCUT2D eigenvalue weighted by Gasteiger charge is 2.45. The third kappa shape index (κ3) is 9.87. The summed E-state index contributed by atoms with van der Waals surface area (Å²) < 4.78 is 14.7. The van der Waals surface area contributed by atoms with Crippen LogP contribution in [0.4, 0.5) is 5.69 Å². The first-order chi connectivity index (χ1) is 33.7. The van der Waals surface area contributed by atoms with Crippen LogP contribution in [0.25, 0.3) is 33.3 Å². The van der Waals surface area contributed by atoms with Crippen molar-refractivity contribution >= 4 is 34.4 Å². The van der Waals surface area contributed by atoms with Crippen LogP contribution in [-0.4, -0.2) is 139 Å². The lowest BCUT2D eigenvalue weighted by molar-refractivity contribution is -0.155. The number of amides is 2. The number of methoxy groups -OCH3 is 1. The first kappa shape index (κ1) is 48.8. The predicted molar refractivity (Wildman–Crippen MR) is 275 cm³/mol. The Hall–Kier alpha value is -4.86. The van der Waals surface area contributed by atoms with E-state index in [1.165, 1.54) is 18.4 Å². The number of aromatic nitrogens is 2. The number of aryl methyl sites for hydroxylation is 1. The standard InChI is InChI=1S/C56H77N9O5/c1-8-64-48-17-14-40-29-43(48)45(51(64)44-30-42(32-58-49(44)37(4)69-7)62-25-23-61(24-26-62)41-15-16-41)31-55(5,6)35-70-54(68)46-13-10-21-65(60-46)53(67)47(28-38-11-9-12-39(40)27-38)59-52(66)50(36(2)3)63-22-19-56(34-63)18-20-57-33-56/h9,11-12,14,17,27,29-30,32,36-37,41,46-47,50,57,60H,8,10,13,15-16,18-26,28,31,33-35H2,1-7H3,(H,59,66)/t37-,46-,47-,50-,56-/m0/s1. The molecule has 7 heterocycles. The number of fused-ring (bicyclic) bond motifs is 6. The smallest absolute Gasteiger partial charge is 0.324 e. The molecule has 2 amide bonds. The lowest BCUT2D eigenvalue weighted by Gasteiger charge is -2.37. The number of esters is 1. The quantitative estimate of drug-likeness (QED) is 0.146. The molecule has 0 unspecified atom stereocenters. The van der Waals surface area contributed by atoms with Gasteiger partial charge in [0.15, 0.2) is 0 Å². The van der Waals surface area contributed by atoms with E-state index in [-0.39, 0.29) is 47.9 Å². The number of anilines is 1. The number of carbonyl (C=O) groups is 3. The number of hydrazine groups is 1. The zero-order valence-corrected chi connectivity index (χ0v) is 42.8. The highest BCUT2D eigenvalue weighted by atomic mass is 16.5. The van der Waals surface area contributed by atoms with Crippen molar-refractivity contribution in [1.82, 2.24) is 40.4 Å². The molecule has 4 aromatic rings. The summed E-state index contributed by atoms with van der Waals surface area (Å²) in [7, 11) is 1.75. The van der Waals surface area contributed by atoms with Gasteiger partial charge in [-0.2, -0.15) is 0 Å². The molecule has 376 valence electrons. The fourth-order valence-corrected chi connectivity index (χ4v) is 12.5. The number of hydrogen-bond acceptors (Lipinski definition) is 11. The SMILES string of the molecule is CCn1c(-c2cc(N3CCN(C4CC4)CC3)cnc2[C@H](C)OC)c2c3cc(ccc31)-c1cccc(c1)C[C@H](NC(=O)[C@H](C(C)C)N1CC[C@]3(CCNC3)C1)C(=O)N1CCC[C@H](N1)C(=O)OCC(C)(C)C2. The molecule has 2 aromatic heterocycles. The molecule has 1 aliphatic carbocycles. The number of benzene rings is 2. The molecule has 6 bridgehead atoms. The van der Waals surface area contributed by atoms with E-state index in [9.17, 15) is 14.4 Å². The van der Waals surface area contributed by atoms with Gasteiger partial charge in [-0.15, -0.1) is 0 Å². The van der Waals surface area contributed by atoms with E-state index in [4.69, 9.17) is 14.5 Å². The maximum Gasteiger partial charge on any atom is 0.324 e. The molecule has 5 atom stereocenters. The molecule has 4 saturated heterocycles. The van der Waals surface area contributed by atoms with Gasteiger partial charge in [-0.3, -0.25) is 34.2 Å². The van der Waals surface area contributed by atoms with E-state index in [1.54, 1.807) is 12.1 Å². The maximum atomic E-state index is 14.8. The largest absolute Gasteiger partial charge is 0.464 e. The third-order valence-electron chi connectivity index (χ3n) is 16.5. The topological polar surface area (TPSA) is 137 Å². The van der Waals surface area contributed by atoms with Gasteiger partial charge in [0, 0.05) is 93.8 Å². The van der Waals surface area contributed by atoms with Gasteiger partial charge in [-0.1, -0.05) is 58.0 Å². The Labute approximate surface area is 415 Å². The number of rotatable bonds is 10. The van der Waals surface area contributed by atoms with Crippen LogP contribution in [0, 0.1) is 16.7 Å². The van der Waals surface area contributed by atoms with Crippen molar-refractivity contribution in [3.05, 3.63) is 71.5 Å². The molecular formula is C56H77N9O5. The number of pyridine rings is 1. The van der Waals surface area contributed by atoms with Crippen molar-refractivity contribution in [3.8, 4) is 22.4 Å². The normalized spacial score (nSPS) is 25.7. The second kappa shape index (κ2) is 20.0. The van der Waals surface area contributed by atoms with Crippen LogP contribution >= 0.6 is 0 Å². The third-order valence-corrected chi connectivity index (χ3v) is 16.5. The van der Waals surface area contributed by atoms with Gasteiger partial charge < -0.3 is 29.6 Å². The average Bonchev–Trinajstić information content (AvgIpc) is 3.88. The summed E-state index contributed by atoms with van der Waals surface area (Å²) in [5.74, 6) is -0.708. The van der Waals surface area contributed by atoms with Crippen LogP contribution in [0.3, 0.4) is 0 Å². The molecule has 2 aromatic carbocycles. The number of nitrogens with zero attached hydrogens (tertiary/aromatic N) is 6. The Bertz CT molecular complexity index is 2570. The summed E-state index contributed by atoms with van der Waals surface area (Å²) in [6.07, 6.45) is 8.69. The molecule has 14 heteroatoms. The highest BCUT2D eigenvalue weighted by molar-refractivity contribution is 5.96. The van der Waals surface area contributed by atoms with Crippen LogP contribution in [0.2, 0.25) is 0 Å². The number of hydrogen-bond donors (Lipinski definition) is 3. The summed E-state index contributed by atoms with van der Waals surface area (Å²) in [6.45, 7) is 21.9. The van der Waals surface area contributed by atoms with Crippen LogP contribution < -0.4 is 21.0 Å². The highest BCUT2D eigenvalue weighted by Crippen LogP contribution is 2.44. The minimum absolute atomic E-state index is 0.0458. The van der Waals surface area contributed by atoms with E-state index in [0.29, 0.717) is 32.2 Å². The molecule has 3 N–H and O–H groups in total. The van der Waals surface area contributed by atoms with Crippen LogP contribution in [0.15, 0.2) is 54.7 Å². The van der Waals surface area contributed by atoms with E-state index in [0.717, 1.165) is 128 Å². The van der Waals surface area contributed by atoms with Crippen molar-refractivity contribution in [2.24, 2.45) is 16.7 Å². The number of piperazine rings is 1. The summed E-state index contributed by atoms with van der Waals surface area (Å²) in [6, 6.07) is 16.4. The zero-order chi connectivity index (χ0) is 48.9. The molecule has 10 rings (SSSR count). The average molecular weight is 956 g/mol. The number of carbonyl (C=O) groups excluding carboxylic acids is 3. The van der Waals surface area contributed by atoms with Crippen LogP contribution in [0.1, 0.15) is 103 Å². The van der Waals surface area contributed by atoms with Crippen LogP contribution in [-0.2, 0) is 43.2 Å². The molecule has 1 saturated carbocycles. The lowest BCUT2D eigenvalue weighted by Crippen LogP contribution is -2.62. The Morgan fingerprint density at radius 3 is 2.50 bits per heavy atom. The monoisotopic (exact) mass is 956 g/mol. The number of ether oxygens (including phenoxy) is 2. The van der Waals surface area contributed by atoms with E-state index in [1.807, 2.05) is 6.20 Å². The Morgan fingerprint density at radius 1 is 0.971 bits per heavy atom. The van der Waals surface area contributed by atoms with Crippen molar-refractivity contribution < 1.29 is 23.9 Å². The first-order valence-corrected chi connectivity index (χ1v) is 26.5. The summed E-state index contributed by atoms with van der Waals surface area (Å²) in [4.78, 5) is 56.3. The number of nitrogens with one attached hydrogen (secondary N) is 3. The van der Waals surface area contributed by atoms with E-state index in [2.05, 4.69) is 125 Å². The molecule has 70 heavy (non-hydrogen) atoms. The zero-order valence-electron chi connectivity index (χ0n) is 42.8.